The summed E-state index contributed by atoms with van der Waals surface area (Å²) < 4.78 is 39.2. The van der Waals surface area contributed by atoms with Crippen LogP contribution in [-0.2, 0) is 14.8 Å². The quantitative estimate of drug-likeness (QED) is 0.638. The molecule has 0 saturated heterocycles. The first-order chi connectivity index (χ1) is 12.3. The molecule has 0 atom stereocenters. The summed E-state index contributed by atoms with van der Waals surface area (Å²) in [7, 11) is -1.36. The van der Waals surface area contributed by atoms with E-state index in [0.717, 1.165) is 6.08 Å². The Kier molecular flexibility index (Phi) is 6.27. The van der Waals surface area contributed by atoms with Crippen LogP contribution in [-0.4, -0.2) is 33.7 Å². The molecule has 9 heteroatoms. The zero-order valence-corrected chi connectivity index (χ0v) is 16.3. The Morgan fingerprint density at radius 2 is 1.88 bits per heavy atom. The molecule has 0 unspecified atom stereocenters. The number of carbonyl (C=O) groups is 1. The number of hydrogen-bond donors (Lipinski definition) is 2. The molecule has 0 saturated carbocycles. The lowest BCUT2D eigenvalue weighted by Crippen LogP contribution is -2.15. The number of ether oxygens (including phenoxy) is 2. The highest BCUT2D eigenvalue weighted by molar-refractivity contribution is 9.10. The first-order valence-electron chi connectivity index (χ1n) is 7.23. The molecule has 2 rings (SSSR count). The summed E-state index contributed by atoms with van der Waals surface area (Å²) in [5, 5.41) is 8.78. The molecular formula is C17H16BrNO6S. The fourth-order valence-corrected chi connectivity index (χ4v) is 3.97. The number of benzene rings is 2. The zero-order valence-electron chi connectivity index (χ0n) is 13.9. The van der Waals surface area contributed by atoms with Gasteiger partial charge in [-0.25, -0.2) is 13.2 Å². The monoisotopic (exact) mass is 441 g/mol. The van der Waals surface area contributed by atoms with Gasteiger partial charge in [-0.05, 0) is 51.8 Å². The fraction of sp³-hybridized carbons (Fsp3) is 0.118. The molecule has 26 heavy (non-hydrogen) atoms. The van der Waals surface area contributed by atoms with E-state index in [9.17, 15) is 13.2 Å². The van der Waals surface area contributed by atoms with Gasteiger partial charge in [0.1, 0.15) is 4.90 Å². The number of hydrogen-bond acceptors (Lipinski definition) is 5. The van der Waals surface area contributed by atoms with E-state index in [1.165, 1.54) is 32.4 Å². The Hall–Kier alpha value is -2.52. The maximum Gasteiger partial charge on any atom is 0.328 e. The molecule has 0 bridgehead atoms. The Morgan fingerprint density at radius 3 is 2.46 bits per heavy atom. The van der Waals surface area contributed by atoms with Crippen LogP contribution in [0.3, 0.4) is 0 Å². The second-order valence-electron chi connectivity index (χ2n) is 5.01. The fourth-order valence-electron chi connectivity index (χ4n) is 2.16. The predicted octanol–water partition coefficient (Wildman–Crippen LogP) is 3.36. The van der Waals surface area contributed by atoms with Gasteiger partial charge in [-0.15, -0.1) is 0 Å². The van der Waals surface area contributed by atoms with Crippen molar-refractivity contribution < 1.29 is 27.8 Å². The largest absolute Gasteiger partial charge is 0.493 e. The van der Waals surface area contributed by atoms with Crippen LogP contribution >= 0.6 is 15.9 Å². The van der Waals surface area contributed by atoms with E-state index in [-0.39, 0.29) is 16.4 Å². The number of methoxy groups -OCH3 is 2. The summed E-state index contributed by atoms with van der Waals surface area (Å²) in [6.07, 6.45) is 2.17. The zero-order chi connectivity index (χ0) is 19.3. The molecule has 0 aromatic heterocycles. The highest BCUT2D eigenvalue weighted by Crippen LogP contribution is 2.37. The van der Waals surface area contributed by atoms with Crippen molar-refractivity contribution in [3.05, 3.63) is 52.5 Å². The number of sulfonamides is 1. The topological polar surface area (TPSA) is 102 Å². The number of carboxylic acid groups (broad SMARTS) is 1. The van der Waals surface area contributed by atoms with Crippen molar-refractivity contribution in [2.75, 3.05) is 18.9 Å². The minimum absolute atomic E-state index is 0.0135. The van der Waals surface area contributed by atoms with Crippen molar-refractivity contribution in [2.24, 2.45) is 0 Å². The molecular weight excluding hydrogens is 426 g/mol. The normalized spacial score (nSPS) is 11.3. The molecule has 2 aromatic carbocycles. The van der Waals surface area contributed by atoms with E-state index in [4.69, 9.17) is 14.6 Å². The number of nitrogens with one attached hydrogen (secondary N) is 1. The third-order valence-corrected chi connectivity index (χ3v) is 5.36. The van der Waals surface area contributed by atoms with Gasteiger partial charge in [-0.3, -0.25) is 4.72 Å². The van der Waals surface area contributed by atoms with E-state index in [1.807, 2.05) is 0 Å². The van der Waals surface area contributed by atoms with Crippen LogP contribution in [0.15, 0.2) is 51.8 Å². The van der Waals surface area contributed by atoms with Crippen LogP contribution in [0.5, 0.6) is 11.5 Å². The average molecular weight is 442 g/mol. The van der Waals surface area contributed by atoms with Gasteiger partial charge in [-0.1, -0.05) is 12.1 Å². The average Bonchev–Trinajstić information content (AvgIpc) is 2.60. The Balaban J connectivity index is 2.59. The molecule has 138 valence electrons. The van der Waals surface area contributed by atoms with E-state index < -0.39 is 16.0 Å². The summed E-state index contributed by atoms with van der Waals surface area (Å²) in [4.78, 5) is 10.6. The van der Waals surface area contributed by atoms with Crippen molar-refractivity contribution >= 4 is 43.7 Å². The summed E-state index contributed by atoms with van der Waals surface area (Å²) >= 11 is 3.28. The van der Waals surface area contributed by atoms with Crippen LogP contribution in [0, 0.1) is 0 Å². The number of rotatable bonds is 7. The third kappa shape index (κ3) is 4.55. The van der Waals surface area contributed by atoms with Crippen molar-refractivity contribution in [3.63, 3.8) is 0 Å². The summed E-state index contributed by atoms with van der Waals surface area (Å²) in [5.74, 6) is -0.984. The molecule has 0 aliphatic carbocycles. The van der Waals surface area contributed by atoms with Crippen LogP contribution < -0.4 is 14.2 Å². The highest BCUT2D eigenvalue weighted by atomic mass is 79.9. The minimum Gasteiger partial charge on any atom is -0.493 e. The summed E-state index contributed by atoms with van der Waals surface area (Å²) in [6, 6.07) is 9.52. The third-order valence-electron chi connectivity index (χ3n) is 3.29. The molecule has 0 radical (unpaired) electrons. The Labute approximate surface area is 159 Å². The van der Waals surface area contributed by atoms with Crippen LogP contribution in [0.4, 0.5) is 5.69 Å². The Morgan fingerprint density at radius 1 is 1.19 bits per heavy atom. The lowest BCUT2D eigenvalue weighted by atomic mass is 10.2. The molecule has 2 N–H and O–H groups in total. The first-order valence-corrected chi connectivity index (χ1v) is 9.50. The van der Waals surface area contributed by atoms with Gasteiger partial charge in [0.25, 0.3) is 10.0 Å². The van der Waals surface area contributed by atoms with E-state index in [1.54, 1.807) is 24.3 Å². The first kappa shape index (κ1) is 19.8. The standard InChI is InChI=1S/C17H16BrNO6S/c1-24-14-9-11(7-8-16(20)21)10-15(17(14)25-2)26(22,23)19-13-6-4-3-5-12(13)18/h3-10,19H,1-2H3,(H,20,21)/b8-7+. The minimum atomic E-state index is -4.04. The lowest BCUT2D eigenvalue weighted by molar-refractivity contribution is -0.131. The lowest BCUT2D eigenvalue weighted by Gasteiger charge is -2.16. The molecule has 0 aliphatic heterocycles. The van der Waals surface area contributed by atoms with Crippen molar-refractivity contribution in [1.82, 2.24) is 0 Å². The van der Waals surface area contributed by atoms with E-state index >= 15 is 0 Å². The maximum atomic E-state index is 12.9. The summed E-state index contributed by atoms with van der Waals surface area (Å²) in [6.45, 7) is 0. The molecule has 0 heterocycles. The van der Waals surface area contributed by atoms with Gasteiger partial charge in [0.15, 0.2) is 11.5 Å². The predicted molar refractivity (Wildman–Crippen MR) is 101 cm³/mol. The van der Waals surface area contributed by atoms with E-state index in [2.05, 4.69) is 20.7 Å². The van der Waals surface area contributed by atoms with Crippen LogP contribution in [0.25, 0.3) is 6.08 Å². The number of aliphatic carboxylic acids is 1. The highest BCUT2D eigenvalue weighted by Gasteiger charge is 2.24. The number of anilines is 1. The molecule has 0 spiro atoms. The Bertz CT molecular complexity index is 956. The number of para-hydroxylation sites is 1. The molecule has 0 amide bonds. The number of halogens is 1. The van der Waals surface area contributed by atoms with E-state index in [0.29, 0.717) is 15.7 Å². The molecule has 7 nitrogen and oxygen atoms in total. The van der Waals surface area contributed by atoms with Gasteiger partial charge >= 0.3 is 5.97 Å². The molecule has 0 aliphatic rings. The molecule has 2 aromatic rings. The van der Waals surface area contributed by atoms with Gasteiger partial charge < -0.3 is 14.6 Å². The van der Waals surface area contributed by atoms with Gasteiger partial charge in [0.2, 0.25) is 0 Å². The second-order valence-corrected chi connectivity index (χ2v) is 7.52. The van der Waals surface area contributed by atoms with Crippen molar-refractivity contribution in [1.29, 1.82) is 0 Å². The molecule has 0 fully saturated rings. The van der Waals surface area contributed by atoms with Crippen LogP contribution in [0.1, 0.15) is 5.56 Å². The van der Waals surface area contributed by atoms with Gasteiger partial charge in [-0.2, -0.15) is 0 Å². The smallest absolute Gasteiger partial charge is 0.328 e. The SMILES string of the molecule is COc1cc(/C=C/C(=O)O)cc(S(=O)(=O)Nc2ccccc2Br)c1OC. The number of carboxylic acids is 1. The van der Waals surface area contributed by atoms with Crippen molar-refractivity contribution in [3.8, 4) is 11.5 Å². The van der Waals surface area contributed by atoms with Gasteiger partial charge in [0, 0.05) is 10.5 Å². The van der Waals surface area contributed by atoms with Crippen LogP contribution in [0.2, 0.25) is 0 Å². The summed E-state index contributed by atoms with van der Waals surface area (Å²) in [5.41, 5.74) is 0.678. The maximum absolute atomic E-state index is 12.9. The van der Waals surface area contributed by atoms with Gasteiger partial charge in [0.05, 0.1) is 19.9 Å². The second kappa shape index (κ2) is 8.24. The van der Waals surface area contributed by atoms with Crippen molar-refractivity contribution in [2.45, 2.75) is 4.90 Å².